The fraction of sp³-hybridized carbons (Fsp3) is 0.379. The van der Waals surface area contributed by atoms with Crippen molar-refractivity contribution in [1.82, 2.24) is 9.80 Å². The fourth-order valence-corrected chi connectivity index (χ4v) is 4.20. The van der Waals surface area contributed by atoms with Crippen molar-refractivity contribution >= 4 is 17.6 Å². The molecule has 0 fully saturated rings. The first-order valence-corrected chi connectivity index (χ1v) is 12.7. The van der Waals surface area contributed by atoms with Crippen molar-refractivity contribution in [3.63, 3.8) is 0 Å². The van der Waals surface area contributed by atoms with E-state index in [9.17, 15) is 9.59 Å². The van der Waals surface area contributed by atoms with E-state index in [1.54, 1.807) is 9.80 Å². The Hall–Kier alpha value is -3.94. The van der Waals surface area contributed by atoms with E-state index in [1.165, 1.54) is 5.56 Å². The second-order valence-electron chi connectivity index (χ2n) is 9.70. The highest BCUT2D eigenvalue weighted by atomic mass is 16.7. The molecule has 3 amide bonds. The molecule has 0 atom stereocenters. The number of carbonyl (C=O) groups excluding carboxylic acids is 2. The molecular weight excluding hydrogens is 470 g/mol. The van der Waals surface area contributed by atoms with E-state index in [4.69, 9.17) is 13.9 Å². The molecule has 8 nitrogen and oxygen atoms in total. The van der Waals surface area contributed by atoms with E-state index >= 15 is 0 Å². The lowest BCUT2D eigenvalue weighted by atomic mass is 10.1. The molecule has 1 aliphatic rings. The molecule has 0 radical (unpaired) electrons. The van der Waals surface area contributed by atoms with Gasteiger partial charge >= 0.3 is 6.03 Å². The molecule has 3 aromatic rings. The molecule has 0 aliphatic carbocycles. The topological polar surface area (TPSA) is 84.3 Å². The first-order valence-electron chi connectivity index (χ1n) is 12.7. The highest BCUT2D eigenvalue weighted by Crippen LogP contribution is 2.33. The van der Waals surface area contributed by atoms with Crippen LogP contribution in [0.5, 0.6) is 11.5 Å². The summed E-state index contributed by atoms with van der Waals surface area (Å²) < 4.78 is 16.7. The summed E-state index contributed by atoms with van der Waals surface area (Å²) in [5, 5.41) is 2.94. The van der Waals surface area contributed by atoms with Gasteiger partial charge in [0.15, 0.2) is 11.5 Å². The summed E-state index contributed by atoms with van der Waals surface area (Å²) >= 11 is 0. The smallest absolute Gasteiger partial charge is 0.322 e. The second kappa shape index (κ2) is 11.9. The lowest BCUT2D eigenvalue weighted by Gasteiger charge is -2.28. The van der Waals surface area contributed by atoms with Gasteiger partial charge in [0.05, 0.1) is 6.54 Å². The van der Waals surface area contributed by atoms with Gasteiger partial charge in [-0.1, -0.05) is 39.0 Å². The number of carbonyl (C=O) groups is 2. The monoisotopic (exact) mass is 505 g/mol. The summed E-state index contributed by atoms with van der Waals surface area (Å²) in [5.74, 6) is 2.83. The molecule has 4 rings (SSSR count). The van der Waals surface area contributed by atoms with Crippen molar-refractivity contribution in [2.45, 2.75) is 47.2 Å². The van der Waals surface area contributed by atoms with Crippen LogP contribution in [0.3, 0.4) is 0 Å². The Labute approximate surface area is 218 Å². The van der Waals surface area contributed by atoms with E-state index in [-0.39, 0.29) is 37.7 Å². The van der Waals surface area contributed by atoms with Crippen LogP contribution in [0.2, 0.25) is 0 Å². The molecule has 8 heteroatoms. The Morgan fingerprint density at radius 2 is 1.65 bits per heavy atom. The van der Waals surface area contributed by atoms with Crippen molar-refractivity contribution in [3.05, 3.63) is 77.2 Å². The van der Waals surface area contributed by atoms with Crippen LogP contribution in [0, 0.1) is 12.8 Å². The van der Waals surface area contributed by atoms with Crippen LogP contribution in [0.1, 0.15) is 43.4 Å². The largest absolute Gasteiger partial charge is 0.464 e. The number of fused-ring (bicyclic) bond motifs is 1. The maximum absolute atomic E-state index is 13.6. The molecular formula is C29H35N3O5. The third-order valence-corrected chi connectivity index (χ3v) is 6.12. The second-order valence-corrected chi connectivity index (χ2v) is 9.70. The van der Waals surface area contributed by atoms with Crippen molar-refractivity contribution < 1.29 is 23.5 Å². The predicted molar refractivity (Wildman–Crippen MR) is 142 cm³/mol. The van der Waals surface area contributed by atoms with Crippen LogP contribution in [-0.4, -0.2) is 41.6 Å². The Morgan fingerprint density at radius 1 is 0.919 bits per heavy atom. The standard InChI is InChI=1S/C29H35N3O5/c1-5-22-7-10-24(11-8-22)30-29(34)32(15-20(2)3)18-28(33)31(17-25-12-6-21(4)37-25)16-23-9-13-26-27(14-23)36-19-35-26/h6-14,20H,5,15-19H2,1-4H3,(H,30,34). The van der Waals surface area contributed by atoms with E-state index in [0.717, 1.165) is 17.7 Å². The zero-order valence-corrected chi connectivity index (χ0v) is 22.0. The molecule has 0 saturated carbocycles. The zero-order valence-electron chi connectivity index (χ0n) is 22.0. The maximum atomic E-state index is 13.6. The molecule has 196 valence electrons. The molecule has 1 N–H and O–H groups in total. The Bertz CT molecular complexity index is 1220. The third-order valence-electron chi connectivity index (χ3n) is 6.12. The highest BCUT2D eigenvalue weighted by Gasteiger charge is 2.24. The van der Waals surface area contributed by atoms with Crippen LogP contribution in [-0.2, 0) is 24.3 Å². The Morgan fingerprint density at radius 3 is 2.32 bits per heavy atom. The Balaban J connectivity index is 1.50. The number of hydrogen-bond donors (Lipinski definition) is 1. The molecule has 2 aromatic carbocycles. The van der Waals surface area contributed by atoms with Gasteiger partial charge in [-0.25, -0.2) is 4.79 Å². The summed E-state index contributed by atoms with van der Waals surface area (Å²) in [6.45, 7) is 9.21. The average molecular weight is 506 g/mol. The maximum Gasteiger partial charge on any atom is 0.322 e. The van der Waals surface area contributed by atoms with Crippen molar-refractivity contribution in [1.29, 1.82) is 0 Å². The lowest BCUT2D eigenvalue weighted by Crippen LogP contribution is -2.45. The summed E-state index contributed by atoms with van der Waals surface area (Å²) in [6.07, 6.45) is 0.927. The van der Waals surface area contributed by atoms with Crippen LogP contribution in [0.4, 0.5) is 10.5 Å². The van der Waals surface area contributed by atoms with E-state index < -0.39 is 0 Å². The normalized spacial score (nSPS) is 12.0. The molecule has 1 aliphatic heterocycles. The minimum Gasteiger partial charge on any atom is -0.464 e. The third kappa shape index (κ3) is 7.06. The summed E-state index contributed by atoms with van der Waals surface area (Å²) in [4.78, 5) is 30.1. The number of benzene rings is 2. The number of rotatable bonds is 10. The number of amides is 3. The highest BCUT2D eigenvalue weighted by molar-refractivity contribution is 5.92. The first-order chi connectivity index (χ1) is 17.8. The van der Waals surface area contributed by atoms with Crippen LogP contribution < -0.4 is 14.8 Å². The van der Waals surface area contributed by atoms with E-state index in [0.29, 0.717) is 36.0 Å². The fourth-order valence-electron chi connectivity index (χ4n) is 4.20. The minimum absolute atomic E-state index is 0.0543. The minimum atomic E-state index is -0.303. The van der Waals surface area contributed by atoms with E-state index in [1.807, 2.05) is 75.4 Å². The number of nitrogens with one attached hydrogen (secondary N) is 1. The summed E-state index contributed by atoms with van der Waals surface area (Å²) in [5.41, 5.74) is 2.79. The number of hydrogen-bond acceptors (Lipinski definition) is 5. The van der Waals surface area contributed by atoms with Crippen molar-refractivity contribution in [2.75, 3.05) is 25.2 Å². The van der Waals surface area contributed by atoms with Gasteiger partial charge < -0.3 is 29.0 Å². The van der Waals surface area contributed by atoms with Crippen LogP contribution in [0.15, 0.2) is 59.0 Å². The van der Waals surface area contributed by atoms with Gasteiger partial charge in [-0.05, 0) is 66.8 Å². The lowest BCUT2D eigenvalue weighted by molar-refractivity contribution is -0.133. The first kappa shape index (κ1) is 26.1. The van der Waals surface area contributed by atoms with Crippen molar-refractivity contribution in [3.8, 4) is 11.5 Å². The molecule has 37 heavy (non-hydrogen) atoms. The van der Waals surface area contributed by atoms with Gasteiger partial charge in [0.25, 0.3) is 0 Å². The molecule has 1 aromatic heterocycles. The quantitative estimate of drug-likeness (QED) is 0.388. The van der Waals surface area contributed by atoms with Gasteiger partial charge in [-0.15, -0.1) is 0 Å². The molecule has 0 saturated heterocycles. The number of anilines is 1. The zero-order chi connectivity index (χ0) is 26.4. The predicted octanol–water partition coefficient (Wildman–Crippen LogP) is 5.60. The number of furan rings is 1. The number of ether oxygens (including phenoxy) is 2. The number of nitrogens with zero attached hydrogens (tertiary/aromatic N) is 2. The van der Waals surface area contributed by atoms with Crippen LogP contribution in [0.25, 0.3) is 0 Å². The molecule has 0 bridgehead atoms. The van der Waals surface area contributed by atoms with E-state index in [2.05, 4.69) is 12.2 Å². The summed E-state index contributed by atoms with van der Waals surface area (Å²) in [6, 6.07) is 16.8. The average Bonchev–Trinajstić information content (AvgIpc) is 3.51. The van der Waals surface area contributed by atoms with Gasteiger partial charge in [0.1, 0.15) is 18.1 Å². The number of aryl methyl sites for hydroxylation is 2. The van der Waals surface area contributed by atoms with Gasteiger partial charge in [0, 0.05) is 18.8 Å². The number of urea groups is 1. The van der Waals surface area contributed by atoms with Crippen molar-refractivity contribution in [2.24, 2.45) is 5.92 Å². The molecule has 2 heterocycles. The van der Waals surface area contributed by atoms with Gasteiger partial charge in [0.2, 0.25) is 12.7 Å². The van der Waals surface area contributed by atoms with Gasteiger partial charge in [-0.3, -0.25) is 4.79 Å². The molecule has 0 spiro atoms. The molecule has 0 unspecified atom stereocenters. The van der Waals surface area contributed by atoms with Crippen LogP contribution >= 0.6 is 0 Å². The Kier molecular flexibility index (Phi) is 8.38. The summed E-state index contributed by atoms with van der Waals surface area (Å²) in [7, 11) is 0. The van der Waals surface area contributed by atoms with Gasteiger partial charge in [-0.2, -0.15) is 0 Å². The SMILES string of the molecule is CCc1ccc(NC(=O)N(CC(=O)N(Cc2ccc3c(c2)OCO3)Cc2ccc(C)o2)CC(C)C)cc1.